The number of ether oxygens (including phenoxy) is 2. The van der Waals surface area contributed by atoms with E-state index < -0.39 is 28.4 Å². The second-order valence-electron chi connectivity index (χ2n) is 5.66. The van der Waals surface area contributed by atoms with Gasteiger partial charge in [-0.15, -0.1) is 0 Å². The second kappa shape index (κ2) is 7.67. The highest BCUT2D eigenvalue weighted by Gasteiger charge is 2.41. The highest BCUT2D eigenvalue weighted by atomic mass is 32.2. The average molecular weight is 390 g/mol. The van der Waals surface area contributed by atoms with Gasteiger partial charge in [0.25, 0.3) is 15.9 Å². The minimum Gasteiger partial charge on any atom is -0.493 e. The van der Waals surface area contributed by atoms with Crippen LogP contribution in [0.4, 0.5) is 0 Å². The number of fused-ring (bicyclic) bond motifs is 1. The van der Waals surface area contributed by atoms with Crippen LogP contribution < -0.4 is 14.8 Å². The Labute approximate surface area is 156 Å². The first-order valence-electron chi connectivity index (χ1n) is 8.14. The van der Waals surface area contributed by atoms with Gasteiger partial charge in [0, 0.05) is 0 Å². The molecule has 8 nitrogen and oxygen atoms in total. The monoisotopic (exact) mass is 390 g/mol. The zero-order chi connectivity index (χ0) is 19.4. The van der Waals surface area contributed by atoms with Gasteiger partial charge in [0.1, 0.15) is 18.0 Å². The number of carbonyl (C=O) groups excluding carboxylic acids is 2. The molecular formula is C18H18N2O6S. The van der Waals surface area contributed by atoms with Crippen LogP contribution in [0.15, 0.2) is 53.4 Å². The van der Waals surface area contributed by atoms with Gasteiger partial charge in [-0.1, -0.05) is 24.3 Å². The molecule has 1 N–H and O–H groups in total. The molecule has 0 saturated carbocycles. The van der Waals surface area contributed by atoms with E-state index in [1.54, 1.807) is 30.3 Å². The molecule has 9 heteroatoms. The van der Waals surface area contributed by atoms with Gasteiger partial charge < -0.3 is 14.8 Å². The summed E-state index contributed by atoms with van der Waals surface area (Å²) in [6.45, 7) is -0.274. The van der Waals surface area contributed by atoms with Gasteiger partial charge in [-0.3, -0.25) is 9.59 Å². The highest BCUT2D eigenvalue weighted by molar-refractivity contribution is 7.90. The van der Waals surface area contributed by atoms with Gasteiger partial charge in [0.15, 0.2) is 11.5 Å². The first-order valence-corrected chi connectivity index (χ1v) is 9.58. The van der Waals surface area contributed by atoms with E-state index in [-0.39, 0.29) is 23.6 Å². The van der Waals surface area contributed by atoms with E-state index >= 15 is 0 Å². The quantitative estimate of drug-likeness (QED) is 0.709. The molecule has 2 amide bonds. The Bertz CT molecular complexity index is 973. The minimum absolute atomic E-state index is 0.0739. The Kier molecular flexibility index (Phi) is 5.31. The van der Waals surface area contributed by atoms with Crippen molar-refractivity contribution in [3.63, 3.8) is 0 Å². The lowest BCUT2D eigenvalue weighted by Gasteiger charge is -2.15. The van der Waals surface area contributed by atoms with E-state index in [9.17, 15) is 18.0 Å². The fraction of sp³-hybridized carbons (Fsp3) is 0.222. The third-order valence-corrected chi connectivity index (χ3v) is 5.74. The minimum atomic E-state index is -4.00. The number of hydrogen-bond donors (Lipinski definition) is 1. The molecule has 0 unspecified atom stereocenters. The molecule has 2 aromatic rings. The Hall–Kier alpha value is -3.07. The van der Waals surface area contributed by atoms with E-state index in [1.165, 1.54) is 25.3 Å². The number of benzene rings is 2. The topological polar surface area (TPSA) is 102 Å². The number of amides is 2. The Balaban J connectivity index is 1.54. The van der Waals surface area contributed by atoms with Crippen molar-refractivity contribution in [1.82, 2.24) is 9.62 Å². The third-order valence-electron chi connectivity index (χ3n) is 3.95. The van der Waals surface area contributed by atoms with Gasteiger partial charge >= 0.3 is 0 Å². The number of para-hydroxylation sites is 2. The van der Waals surface area contributed by atoms with Gasteiger partial charge in [-0.2, -0.15) is 0 Å². The Morgan fingerprint density at radius 3 is 2.44 bits per heavy atom. The van der Waals surface area contributed by atoms with E-state index in [0.29, 0.717) is 15.8 Å². The van der Waals surface area contributed by atoms with Crippen LogP contribution in [0.25, 0.3) is 0 Å². The number of hydrogen-bond acceptors (Lipinski definition) is 6. The predicted octanol–water partition coefficient (Wildman–Crippen LogP) is 1.03. The fourth-order valence-corrected chi connectivity index (χ4v) is 4.19. The average Bonchev–Trinajstić information content (AvgIpc) is 2.86. The van der Waals surface area contributed by atoms with Crippen molar-refractivity contribution in [2.24, 2.45) is 0 Å². The highest BCUT2D eigenvalue weighted by Crippen LogP contribution is 2.29. The van der Waals surface area contributed by atoms with Crippen LogP contribution in [0.5, 0.6) is 11.5 Å². The number of sulfonamides is 1. The molecule has 0 saturated heterocycles. The third kappa shape index (κ3) is 3.72. The normalized spacial score (nSPS) is 14.6. The molecule has 0 atom stereocenters. The van der Waals surface area contributed by atoms with Crippen molar-refractivity contribution >= 4 is 21.8 Å². The molecule has 0 radical (unpaired) electrons. The molecule has 0 aromatic heterocycles. The summed E-state index contributed by atoms with van der Waals surface area (Å²) in [5, 5.41) is 2.54. The molecule has 0 aliphatic carbocycles. The van der Waals surface area contributed by atoms with Crippen LogP contribution in [-0.4, -0.2) is 51.3 Å². The summed E-state index contributed by atoms with van der Waals surface area (Å²) in [6, 6.07) is 12.9. The van der Waals surface area contributed by atoms with Crippen molar-refractivity contribution < 1.29 is 27.5 Å². The van der Waals surface area contributed by atoms with Gasteiger partial charge in [-0.05, 0) is 24.3 Å². The summed E-state index contributed by atoms with van der Waals surface area (Å²) in [6.07, 6.45) is 0. The molecule has 0 fully saturated rings. The predicted molar refractivity (Wildman–Crippen MR) is 96.2 cm³/mol. The Morgan fingerprint density at radius 2 is 1.74 bits per heavy atom. The smallest absolute Gasteiger partial charge is 0.269 e. The summed E-state index contributed by atoms with van der Waals surface area (Å²) in [5.41, 5.74) is 0.0739. The van der Waals surface area contributed by atoms with Gasteiger partial charge in [0.2, 0.25) is 5.91 Å². The van der Waals surface area contributed by atoms with Crippen molar-refractivity contribution in [3.8, 4) is 11.5 Å². The maximum atomic E-state index is 12.4. The van der Waals surface area contributed by atoms with E-state index in [2.05, 4.69) is 5.32 Å². The van der Waals surface area contributed by atoms with Gasteiger partial charge in [0.05, 0.1) is 19.2 Å². The summed E-state index contributed by atoms with van der Waals surface area (Å²) < 4.78 is 36.1. The molecule has 1 heterocycles. The van der Waals surface area contributed by atoms with Crippen molar-refractivity contribution in [2.75, 3.05) is 26.8 Å². The van der Waals surface area contributed by atoms with E-state index in [0.717, 1.165) is 0 Å². The number of nitrogens with one attached hydrogen (secondary N) is 1. The summed E-state index contributed by atoms with van der Waals surface area (Å²) >= 11 is 0. The molecule has 1 aliphatic rings. The lowest BCUT2D eigenvalue weighted by molar-refractivity contribution is -0.121. The van der Waals surface area contributed by atoms with E-state index in [1.807, 2.05) is 0 Å². The number of carbonyl (C=O) groups is 2. The van der Waals surface area contributed by atoms with Crippen molar-refractivity contribution in [2.45, 2.75) is 4.90 Å². The lowest BCUT2D eigenvalue weighted by Crippen LogP contribution is -2.41. The largest absolute Gasteiger partial charge is 0.493 e. The standard InChI is InChI=1S/C18H18N2O6S/c1-25-14-7-3-4-8-15(14)26-11-10-19-17(21)12-20-18(22)13-6-2-5-9-16(13)27(20,23)24/h2-9H,10-12H2,1H3,(H,19,21). The maximum absolute atomic E-state index is 12.4. The second-order valence-corrected chi connectivity index (χ2v) is 7.49. The van der Waals surface area contributed by atoms with Crippen LogP contribution in [0.3, 0.4) is 0 Å². The van der Waals surface area contributed by atoms with E-state index in [4.69, 9.17) is 9.47 Å². The molecule has 27 heavy (non-hydrogen) atoms. The first kappa shape index (κ1) is 18.7. The summed E-state index contributed by atoms with van der Waals surface area (Å²) in [5.74, 6) is -0.202. The van der Waals surface area contributed by atoms with Crippen molar-refractivity contribution in [1.29, 1.82) is 0 Å². The van der Waals surface area contributed by atoms with Crippen LogP contribution >= 0.6 is 0 Å². The molecule has 2 aromatic carbocycles. The molecule has 0 spiro atoms. The fourth-order valence-electron chi connectivity index (χ4n) is 2.66. The summed E-state index contributed by atoms with van der Waals surface area (Å²) in [7, 11) is -2.47. The zero-order valence-electron chi connectivity index (χ0n) is 14.5. The zero-order valence-corrected chi connectivity index (χ0v) is 15.4. The lowest BCUT2D eigenvalue weighted by atomic mass is 10.2. The Morgan fingerprint density at radius 1 is 1.07 bits per heavy atom. The molecule has 0 bridgehead atoms. The molecule has 3 rings (SSSR count). The van der Waals surface area contributed by atoms with Crippen LogP contribution in [0, 0.1) is 0 Å². The number of nitrogens with zero attached hydrogens (tertiary/aromatic N) is 1. The summed E-state index contributed by atoms with van der Waals surface area (Å²) in [4.78, 5) is 24.2. The first-order chi connectivity index (χ1) is 12.9. The van der Waals surface area contributed by atoms with Crippen LogP contribution in [0.2, 0.25) is 0 Å². The number of rotatable bonds is 7. The molecule has 142 valence electrons. The molecular weight excluding hydrogens is 372 g/mol. The van der Waals surface area contributed by atoms with Crippen LogP contribution in [-0.2, 0) is 14.8 Å². The maximum Gasteiger partial charge on any atom is 0.269 e. The van der Waals surface area contributed by atoms with Crippen LogP contribution in [0.1, 0.15) is 10.4 Å². The number of methoxy groups -OCH3 is 1. The SMILES string of the molecule is COc1ccccc1OCCNC(=O)CN1C(=O)c2ccccc2S1(=O)=O. The van der Waals surface area contributed by atoms with Crippen molar-refractivity contribution in [3.05, 3.63) is 54.1 Å². The van der Waals surface area contributed by atoms with Gasteiger partial charge in [-0.25, -0.2) is 12.7 Å². The molecule has 1 aliphatic heterocycles.